The van der Waals surface area contributed by atoms with Crippen LogP contribution in [0.3, 0.4) is 0 Å². The maximum Gasteiger partial charge on any atom is 0.165 e. The second-order valence-electron chi connectivity index (χ2n) is 2.65. The predicted octanol–water partition coefficient (Wildman–Crippen LogP) is 2.38. The van der Waals surface area contributed by atoms with Gasteiger partial charge in [0.2, 0.25) is 0 Å². The van der Waals surface area contributed by atoms with Crippen molar-refractivity contribution in [1.29, 1.82) is 0 Å². The summed E-state index contributed by atoms with van der Waals surface area (Å²) in [6.07, 6.45) is 1.67. The van der Waals surface area contributed by atoms with Gasteiger partial charge in [-0.05, 0) is 24.3 Å². The summed E-state index contributed by atoms with van der Waals surface area (Å²) in [6.45, 7) is 0. The van der Waals surface area contributed by atoms with E-state index < -0.39 is 0 Å². The van der Waals surface area contributed by atoms with E-state index in [9.17, 15) is 4.39 Å². The van der Waals surface area contributed by atoms with E-state index in [1.54, 1.807) is 24.4 Å². The van der Waals surface area contributed by atoms with Crippen LogP contribution in [0.2, 0.25) is 0 Å². The van der Waals surface area contributed by atoms with Crippen molar-refractivity contribution in [3.63, 3.8) is 0 Å². The lowest BCUT2D eigenvalue weighted by molar-refractivity contribution is 0.392. The van der Waals surface area contributed by atoms with Gasteiger partial charge < -0.3 is 4.74 Å². The van der Waals surface area contributed by atoms with E-state index in [-0.39, 0.29) is 11.6 Å². The summed E-state index contributed by atoms with van der Waals surface area (Å²) < 4.78 is 18.1. The molecule has 0 spiro atoms. The fourth-order valence-electron chi connectivity index (χ4n) is 1.31. The van der Waals surface area contributed by atoms with E-state index >= 15 is 0 Å². The van der Waals surface area contributed by atoms with Gasteiger partial charge in [0.1, 0.15) is 0 Å². The summed E-state index contributed by atoms with van der Waals surface area (Å²) in [7, 11) is 1.45. The van der Waals surface area contributed by atoms with Gasteiger partial charge in [-0.2, -0.15) is 0 Å². The Morgan fingerprint density at radius 2 is 2.15 bits per heavy atom. The van der Waals surface area contributed by atoms with Gasteiger partial charge in [-0.15, -0.1) is 0 Å². The number of aromatic nitrogens is 1. The highest BCUT2D eigenvalue weighted by Crippen LogP contribution is 2.26. The van der Waals surface area contributed by atoms with E-state index in [1.807, 2.05) is 0 Å². The standard InChI is InChI=1S/C10H8FNO/c1-13-10-7-3-2-6-12-9(7)5-4-8(10)11/h2-6H,1H3. The summed E-state index contributed by atoms with van der Waals surface area (Å²) in [4.78, 5) is 4.08. The smallest absolute Gasteiger partial charge is 0.165 e. The van der Waals surface area contributed by atoms with Gasteiger partial charge in [0.25, 0.3) is 0 Å². The van der Waals surface area contributed by atoms with Crippen molar-refractivity contribution in [2.45, 2.75) is 0 Å². The third-order valence-corrected chi connectivity index (χ3v) is 1.89. The number of methoxy groups -OCH3 is 1. The molecule has 0 aliphatic rings. The van der Waals surface area contributed by atoms with Crippen molar-refractivity contribution in [2.24, 2.45) is 0 Å². The maximum absolute atomic E-state index is 13.2. The van der Waals surface area contributed by atoms with Crippen molar-refractivity contribution in [2.75, 3.05) is 7.11 Å². The number of benzene rings is 1. The lowest BCUT2D eigenvalue weighted by atomic mass is 10.2. The Balaban J connectivity index is 2.84. The van der Waals surface area contributed by atoms with Gasteiger partial charge in [0.15, 0.2) is 11.6 Å². The molecule has 66 valence electrons. The largest absolute Gasteiger partial charge is 0.493 e. The lowest BCUT2D eigenvalue weighted by Crippen LogP contribution is -1.90. The fourth-order valence-corrected chi connectivity index (χ4v) is 1.31. The van der Waals surface area contributed by atoms with E-state index in [2.05, 4.69) is 4.98 Å². The minimum Gasteiger partial charge on any atom is -0.493 e. The van der Waals surface area contributed by atoms with Crippen molar-refractivity contribution in [3.05, 3.63) is 36.3 Å². The Morgan fingerprint density at radius 1 is 1.31 bits per heavy atom. The minimum atomic E-state index is -0.358. The zero-order valence-corrected chi connectivity index (χ0v) is 7.12. The van der Waals surface area contributed by atoms with Gasteiger partial charge in [0.05, 0.1) is 12.6 Å². The molecule has 2 rings (SSSR count). The quantitative estimate of drug-likeness (QED) is 0.667. The highest BCUT2D eigenvalue weighted by Gasteiger charge is 2.06. The predicted molar refractivity (Wildman–Crippen MR) is 48.3 cm³/mol. The second-order valence-corrected chi connectivity index (χ2v) is 2.65. The number of hydrogen-bond acceptors (Lipinski definition) is 2. The van der Waals surface area contributed by atoms with Crippen molar-refractivity contribution in [3.8, 4) is 5.75 Å². The summed E-state index contributed by atoms with van der Waals surface area (Å²) in [5, 5.41) is 0.699. The van der Waals surface area contributed by atoms with Crippen LogP contribution in [0, 0.1) is 5.82 Å². The van der Waals surface area contributed by atoms with Gasteiger partial charge in [-0.25, -0.2) is 4.39 Å². The first-order valence-corrected chi connectivity index (χ1v) is 3.90. The Labute approximate surface area is 75.0 Å². The number of halogens is 1. The highest BCUT2D eigenvalue weighted by molar-refractivity contribution is 5.85. The lowest BCUT2D eigenvalue weighted by Gasteiger charge is -2.04. The van der Waals surface area contributed by atoms with Crippen LogP contribution in [0.15, 0.2) is 30.5 Å². The molecule has 0 saturated carbocycles. The van der Waals surface area contributed by atoms with E-state index in [4.69, 9.17) is 4.74 Å². The number of fused-ring (bicyclic) bond motifs is 1. The van der Waals surface area contributed by atoms with Crippen LogP contribution in [-0.4, -0.2) is 12.1 Å². The summed E-state index contributed by atoms with van der Waals surface area (Å²) >= 11 is 0. The molecule has 2 nitrogen and oxygen atoms in total. The number of rotatable bonds is 1. The average molecular weight is 177 g/mol. The van der Waals surface area contributed by atoms with E-state index in [1.165, 1.54) is 13.2 Å². The maximum atomic E-state index is 13.2. The molecule has 13 heavy (non-hydrogen) atoms. The molecule has 3 heteroatoms. The van der Waals surface area contributed by atoms with Crippen LogP contribution in [0.4, 0.5) is 4.39 Å². The molecule has 0 bridgehead atoms. The third-order valence-electron chi connectivity index (χ3n) is 1.89. The van der Waals surface area contributed by atoms with E-state index in [0.29, 0.717) is 5.39 Å². The second kappa shape index (κ2) is 3.01. The number of ether oxygens (including phenoxy) is 1. The molecule has 1 aromatic carbocycles. The zero-order chi connectivity index (χ0) is 9.26. The molecule has 0 radical (unpaired) electrons. The van der Waals surface area contributed by atoms with Gasteiger partial charge >= 0.3 is 0 Å². The summed E-state index contributed by atoms with van der Waals surface area (Å²) in [5.74, 6) is -0.103. The molecular formula is C10H8FNO. The molecule has 1 aromatic heterocycles. The van der Waals surface area contributed by atoms with Crippen LogP contribution in [0.5, 0.6) is 5.75 Å². The summed E-state index contributed by atoms with van der Waals surface area (Å²) in [5.41, 5.74) is 0.737. The monoisotopic (exact) mass is 177 g/mol. The Kier molecular flexibility index (Phi) is 1.85. The number of nitrogens with zero attached hydrogens (tertiary/aromatic N) is 1. The first-order valence-electron chi connectivity index (χ1n) is 3.90. The van der Waals surface area contributed by atoms with Crippen molar-refractivity contribution >= 4 is 10.9 Å². The first-order chi connectivity index (χ1) is 6.33. The molecule has 0 fully saturated rings. The SMILES string of the molecule is COc1c(F)ccc2ncccc12. The van der Waals surface area contributed by atoms with Crippen LogP contribution in [-0.2, 0) is 0 Å². The fraction of sp³-hybridized carbons (Fsp3) is 0.100. The average Bonchev–Trinajstić information content (AvgIpc) is 2.18. The Hall–Kier alpha value is -1.64. The first kappa shape index (κ1) is 7.98. The van der Waals surface area contributed by atoms with Gasteiger partial charge in [-0.1, -0.05) is 0 Å². The highest BCUT2D eigenvalue weighted by atomic mass is 19.1. The normalized spacial score (nSPS) is 10.3. The molecule has 0 amide bonds. The van der Waals surface area contributed by atoms with Crippen molar-refractivity contribution < 1.29 is 9.13 Å². The van der Waals surface area contributed by atoms with Crippen LogP contribution < -0.4 is 4.74 Å². The van der Waals surface area contributed by atoms with Gasteiger partial charge in [-0.3, -0.25) is 4.98 Å². The molecule has 0 aliphatic carbocycles. The third kappa shape index (κ3) is 1.22. The minimum absolute atomic E-state index is 0.255. The molecule has 0 saturated heterocycles. The van der Waals surface area contributed by atoms with Crippen LogP contribution in [0.25, 0.3) is 10.9 Å². The number of hydrogen-bond donors (Lipinski definition) is 0. The topological polar surface area (TPSA) is 22.1 Å². The summed E-state index contributed by atoms with van der Waals surface area (Å²) in [6, 6.07) is 6.52. The molecule has 0 N–H and O–H groups in total. The molecule has 0 unspecified atom stereocenters. The number of pyridine rings is 1. The molecular weight excluding hydrogens is 169 g/mol. The van der Waals surface area contributed by atoms with Gasteiger partial charge in [0, 0.05) is 11.6 Å². The molecule has 0 atom stereocenters. The zero-order valence-electron chi connectivity index (χ0n) is 7.12. The van der Waals surface area contributed by atoms with Crippen molar-refractivity contribution in [1.82, 2.24) is 4.98 Å². The van der Waals surface area contributed by atoms with E-state index in [0.717, 1.165) is 5.52 Å². The molecule has 1 heterocycles. The van der Waals surface area contributed by atoms with Crippen LogP contribution in [0.1, 0.15) is 0 Å². The molecule has 2 aromatic rings. The Morgan fingerprint density at radius 3 is 2.92 bits per heavy atom. The Bertz CT molecular complexity index is 442. The molecule has 0 aliphatic heterocycles. The van der Waals surface area contributed by atoms with Crippen LogP contribution >= 0.6 is 0 Å².